The summed E-state index contributed by atoms with van der Waals surface area (Å²) in [6.07, 6.45) is 0. The fourth-order valence-corrected chi connectivity index (χ4v) is 1.80. The van der Waals surface area contributed by atoms with E-state index in [9.17, 15) is 9.18 Å². The molecule has 0 aliphatic rings. The van der Waals surface area contributed by atoms with Gasteiger partial charge in [0.1, 0.15) is 5.82 Å². The number of hydrogen-bond acceptors (Lipinski definition) is 2. The number of hydrogen-bond donors (Lipinski definition) is 1. The van der Waals surface area contributed by atoms with Gasteiger partial charge in [0.2, 0.25) is 5.91 Å². The Kier molecular flexibility index (Phi) is 4.63. The molecule has 4 heteroatoms. The number of amides is 1. The Morgan fingerprint density at radius 3 is 2.29 bits per heavy atom. The molecule has 0 heterocycles. The fraction of sp³-hybridized carbons (Fsp3) is 0.462. The minimum Gasteiger partial charge on any atom is -0.335 e. The minimum atomic E-state index is -0.516. The maximum absolute atomic E-state index is 12.8. The Bertz CT molecular complexity index is 376. The third-order valence-corrected chi connectivity index (χ3v) is 2.83. The molecule has 0 spiro atoms. The lowest BCUT2D eigenvalue weighted by molar-refractivity contribution is -0.134. The topological polar surface area (TPSA) is 46.3 Å². The van der Waals surface area contributed by atoms with Gasteiger partial charge in [0.05, 0.1) is 12.1 Å². The first-order valence-corrected chi connectivity index (χ1v) is 5.78. The monoisotopic (exact) mass is 238 g/mol. The number of rotatable bonds is 4. The summed E-state index contributed by atoms with van der Waals surface area (Å²) in [6.45, 7) is 6.07. The van der Waals surface area contributed by atoms with Crippen LogP contribution in [0.2, 0.25) is 0 Å². The molecule has 1 aromatic rings. The van der Waals surface area contributed by atoms with E-state index in [-0.39, 0.29) is 17.8 Å². The van der Waals surface area contributed by atoms with Crippen LogP contribution in [0.3, 0.4) is 0 Å². The molecule has 2 N–H and O–H groups in total. The highest BCUT2D eigenvalue weighted by molar-refractivity contribution is 5.81. The lowest BCUT2D eigenvalue weighted by atomic mass is 10.1. The summed E-state index contributed by atoms with van der Waals surface area (Å²) < 4.78 is 12.8. The van der Waals surface area contributed by atoms with Gasteiger partial charge in [-0.3, -0.25) is 4.79 Å². The second kappa shape index (κ2) is 5.77. The zero-order valence-electron chi connectivity index (χ0n) is 10.5. The zero-order chi connectivity index (χ0) is 13.0. The van der Waals surface area contributed by atoms with E-state index >= 15 is 0 Å². The number of nitrogens with two attached hydrogens (primary N) is 1. The van der Waals surface area contributed by atoms with Gasteiger partial charge in [-0.1, -0.05) is 12.1 Å². The summed E-state index contributed by atoms with van der Waals surface area (Å²) in [5, 5.41) is 0. The summed E-state index contributed by atoms with van der Waals surface area (Å²) in [5.74, 6) is -0.369. The van der Waals surface area contributed by atoms with E-state index in [0.29, 0.717) is 6.54 Å². The van der Waals surface area contributed by atoms with Crippen LogP contribution in [0.1, 0.15) is 32.4 Å². The lowest BCUT2D eigenvalue weighted by Gasteiger charge is -2.29. The van der Waals surface area contributed by atoms with Crippen LogP contribution in [-0.4, -0.2) is 23.4 Å². The highest BCUT2D eigenvalue weighted by atomic mass is 19.1. The van der Waals surface area contributed by atoms with Crippen LogP contribution in [-0.2, 0) is 4.79 Å². The van der Waals surface area contributed by atoms with Crippen molar-refractivity contribution in [3.63, 3.8) is 0 Å². The Balaban J connectivity index is 2.89. The molecule has 1 amide bonds. The average molecular weight is 238 g/mol. The van der Waals surface area contributed by atoms with E-state index in [1.165, 1.54) is 12.1 Å². The van der Waals surface area contributed by atoms with Crippen LogP contribution in [0.4, 0.5) is 4.39 Å². The molecule has 17 heavy (non-hydrogen) atoms. The van der Waals surface area contributed by atoms with Gasteiger partial charge in [0.15, 0.2) is 0 Å². The van der Waals surface area contributed by atoms with E-state index in [1.54, 1.807) is 24.0 Å². The van der Waals surface area contributed by atoms with Crippen molar-refractivity contribution in [2.75, 3.05) is 6.54 Å². The molecule has 0 aliphatic heterocycles. The van der Waals surface area contributed by atoms with Gasteiger partial charge in [-0.05, 0) is 38.5 Å². The van der Waals surface area contributed by atoms with Crippen LogP contribution < -0.4 is 5.73 Å². The van der Waals surface area contributed by atoms with E-state index in [1.807, 2.05) is 13.8 Å². The molecule has 0 bridgehead atoms. The Hall–Kier alpha value is -1.42. The summed E-state index contributed by atoms with van der Waals surface area (Å²) in [6, 6.07) is 5.57. The Morgan fingerprint density at radius 2 is 1.88 bits per heavy atom. The number of likely N-dealkylation sites (N-methyl/N-ethyl adjacent to an activating group) is 1. The van der Waals surface area contributed by atoms with Crippen molar-refractivity contribution < 1.29 is 9.18 Å². The maximum atomic E-state index is 12.8. The molecule has 1 aromatic carbocycles. The van der Waals surface area contributed by atoms with Crippen molar-refractivity contribution in [3.05, 3.63) is 35.6 Å². The summed E-state index contributed by atoms with van der Waals surface area (Å²) in [4.78, 5) is 13.6. The van der Waals surface area contributed by atoms with Crippen LogP contribution in [0, 0.1) is 5.82 Å². The Labute approximate surface area is 101 Å². The zero-order valence-corrected chi connectivity index (χ0v) is 10.5. The van der Waals surface area contributed by atoms with Crippen molar-refractivity contribution in [1.29, 1.82) is 0 Å². The molecule has 0 saturated carbocycles. The van der Waals surface area contributed by atoms with Gasteiger partial charge in [0, 0.05) is 6.54 Å². The number of halogens is 1. The molecule has 94 valence electrons. The van der Waals surface area contributed by atoms with Crippen molar-refractivity contribution in [1.82, 2.24) is 4.90 Å². The van der Waals surface area contributed by atoms with Crippen LogP contribution >= 0.6 is 0 Å². The fourth-order valence-electron chi connectivity index (χ4n) is 1.80. The van der Waals surface area contributed by atoms with E-state index < -0.39 is 6.04 Å². The first-order chi connectivity index (χ1) is 7.97. The van der Waals surface area contributed by atoms with Gasteiger partial charge >= 0.3 is 0 Å². The number of nitrogens with zero attached hydrogens (tertiary/aromatic N) is 1. The predicted molar refractivity (Wildman–Crippen MR) is 65.9 cm³/mol. The second-order valence-corrected chi connectivity index (χ2v) is 4.14. The van der Waals surface area contributed by atoms with Crippen molar-refractivity contribution >= 4 is 5.91 Å². The summed E-state index contributed by atoms with van der Waals surface area (Å²) >= 11 is 0. The smallest absolute Gasteiger partial charge is 0.239 e. The molecule has 2 atom stereocenters. The first kappa shape index (κ1) is 13.6. The molecule has 1 rings (SSSR count). The van der Waals surface area contributed by atoms with Gasteiger partial charge in [-0.15, -0.1) is 0 Å². The second-order valence-electron chi connectivity index (χ2n) is 4.14. The maximum Gasteiger partial charge on any atom is 0.239 e. The molecule has 0 saturated heterocycles. The van der Waals surface area contributed by atoms with Crippen molar-refractivity contribution in [2.45, 2.75) is 32.9 Å². The lowest BCUT2D eigenvalue weighted by Crippen LogP contribution is -2.43. The van der Waals surface area contributed by atoms with E-state index in [2.05, 4.69) is 0 Å². The number of benzene rings is 1. The summed E-state index contributed by atoms with van der Waals surface area (Å²) in [5.41, 5.74) is 6.51. The normalized spacial score (nSPS) is 14.2. The molecule has 0 radical (unpaired) electrons. The SMILES string of the molecule is CCN(C(=O)[C@@H](C)N)C(C)c1ccc(F)cc1. The quantitative estimate of drug-likeness (QED) is 0.873. The van der Waals surface area contributed by atoms with Crippen molar-refractivity contribution in [3.8, 4) is 0 Å². The van der Waals surface area contributed by atoms with E-state index in [4.69, 9.17) is 5.73 Å². The molecule has 0 fully saturated rings. The van der Waals surface area contributed by atoms with Gasteiger partial charge in [-0.25, -0.2) is 4.39 Å². The minimum absolute atomic E-state index is 0.0932. The highest BCUT2D eigenvalue weighted by Gasteiger charge is 2.22. The molecular formula is C13H19FN2O. The summed E-state index contributed by atoms with van der Waals surface area (Å²) in [7, 11) is 0. The van der Waals surface area contributed by atoms with Gasteiger partial charge in [0.25, 0.3) is 0 Å². The third kappa shape index (κ3) is 3.27. The highest BCUT2D eigenvalue weighted by Crippen LogP contribution is 2.20. The van der Waals surface area contributed by atoms with Crippen LogP contribution in [0.25, 0.3) is 0 Å². The van der Waals surface area contributed by atoms with Crippen molar-refractivity contribution in [2.24, 2.45) is 5.73 Å². The predicted octanol–water partition coefficient (Wildman–Crippen LogP) is 2.08. The number of carbonyl (C=O) groups is 1. The average Bonchev–Trinajstić information content (AvgIpc) is 2.30. The Morgan fingerprint density at radius 1 is 1.35 bits per heavy atom. The largest absolute Gasteiger partial charge is 0.335 e. The number of carbonyl (C=O) groups excluding carboxylic acids is 1. The van der Waals surface area contributed by atoms with Gasteiger partial charge < -0.3 is 10.6 Å². The first-order valence-electron chi connectivity index (χ1n) is 5.78. The molecular weight excluding hydrogens is 219 g/mol. The molecule has 1 unspecified atom stereocenters. The molecule has 3 nitrogen and oxygen atoms in total. The van der Waals surface area contributed by atoms with Gasteiger partial charge in [-0.2, -0.15) is 0 Å². The molecule has 0 aromatic heterocycles. The van der Waals surface area contributed by atoms with Crippen LogP contribution in [0.15, 0.2) is 24.3 Å². The van der Waals surface area contributed by atoms with E-state index in [0.717, 1.165) is 5.56 Å². The standard InChI is InChI=1S/C13H19FN2O/c1-4-16(13(17)9(2)15)10(3)11-5-7-12(14)8-6-11/h5-10H,4,15H2,1-3H3/t9-,10?/m1/s1. The van der Waals surface area contributed by atoms with Crippen LogP contribution in [0.5, 0.6) is 0 Å². The molecule has 0 aliphatic carbocycles. The third-order valence-electron chi connectivity index (χ3n) is 2.83.